The lowest BCUT2D eigenvalue weighted by Crippen LogP contribution is -2.45. The number of amides is 3. The normalized spacial score (nSPS) is 14.4. The predicted molar refractivity (Wildman–Crippen MR) is 171 cm³/mol. The Morgan fingerprint density at radius 1 is 1.07 bits per heavy atom. The third kappa shape index (κ3) is 8.82. The Balaban J connectivity index is 1.36. The highest BCUT2D eigenvalue weighted by molar-refractivity contribution is 9.11. The molecule has 1 heterocycles. The van der Waals surface area contributed by atoms with Crippen molar-refractivity contribution >= 4 is 56.0 Å². The van der Waals surface area contributed by atoms with Crippen LogP contribution in [0.5, 0.6) is 17.2 Å². The Hall–Kier alpha value is -4.43. The summed E-state index contributed by atoms with van der Waals surface area (Å²) < 4.78 is 36.8. The Labute approximate surface area is 275 Å². The molecule has 4 rings (SSSR count). The second kappa shape index (κ2) is 15.5. The molecule has 3 amide bonds. The van der Waals surface area contributed by atoms with Crippen molar-refractivity contribution in [3.63, 3.8) is 0 Å². The van der Waals surface area contributed by atoms with E-state index in [4.69, 9.17) is 18.9 Å². The molecule has 1 atom stereocenters. The Morgan fingerprint density at radius 3 is 2.51 bits per heavy atom. The van der Waals surface area contributed by atoms with Crippen LogP contribution in [-0.2, 0) is 20.9 Å². The number of halogens is 3. The second-order valence-corrected chi connectivity index (χ2v) is 11.2. The average molecular weight is 748 g/mol. The molecule has 14 heteroatoms. The van der Waals surface area contributed by atoms with E-state index in [1.165, 1.54) is 25.5 Å². The van der Waals surface area contributed by atoms with Gasteiger partial charge in [-0.3, -0.25) is 4.79 Å². The monoisotopic (exact) mass is 746 g/mol. The summed E-state index contributed by atoms with van der Waals surface area (Å²) in [6.07, 6.45) is 1.45. The summed E-state index contributed by atoms with van der Waals surface area (Å²) in [6, 6.07) is 13.2. The first kappa shape index (κ1) is 33.5. The van der Waals surface area contributed by atoms with Crippen LogP contribution in [0.25, 0.3) is 0 Å². The molecule has 1 aliphatic heterocycles. The lowest BCUT2D eigenvalue weighted by Gasteiger charge is -2.28. The highest BCUT2D eigenvalue weighted by Gasteiger charge is 2.32. The molecule has 0 radical (unpaired) electrons. The largest absolute Gasteiger partial charge is 0.493 e. The number of carbonyl (C=O) groups is 3. The number of carbonyl (C=O) groups excluding carboxylic acids is 3. The molecule has 0 aromatic heterocycles. The van der Waals surface area contributed by atoms with Crippen LogP contribution in [0.3, 0.4) is 0 Å². The number of rotatable bonds is 12. The van der Waals surface area contributed by atoms with Gasteiger partial charge >= 0.3 is 12.0 Å². The van der Waals surface area contributed by atoms with E-state index in [0.29, 0.717) is 37.1 Å². The molecule has 0 spiro atoms. The van der Waals surface area contributed by atoms with E-state index < -0.39 is 23.9 Å². The molecule has 0 bridgehead atoms. The first-order valence-electron chi connectivity index (χ1n) is 13.5. The van der Waals surface area contributed by atoms with Crippen molar-refractivity contribution in [3.8, 4) is 17.2 Å². The predicted octanol–water partition coefficient (Wildman–Crippen LogP) is 5.66. The van der Waals surface area contributed by atoms with Gasteiger partial charge in [-0.2, -0.15) is 5.10 Å². The van der Waals surface area contributed by atoms with E-state index in [-0.39, 0.29) is 42.7 Å². The zero-order chi connectivity index (χ0) is 32.5. The molecule has 0 saturated carbocycles. The lowest BCUT2D eigenvalue weighted by atomic mass is 9.95. The van der Waals surface area contributed by atoms with Gasteiger partial charge in [0.25, 0.3) is 5.91 Å². The fourth-order valence-corrected chi connectivity index (χ4v) is 5.79. The van der Waals surface area contributed by atoms with Crippen LogP contribution < -0.4 is 30.3 Å². The highest BCUT2D eigenvalue weighted by Crippen LogP contribution is 2.36. The average Bonchev–Trinajstić information content (AvgIpc) is 2.99. The van der Waals surface area contributed by atoms with Crippen LogP contribution in [0.2, 0.25) is 0 Å². The van der Waals surface area contributed by atoms with Gasteiger partial charge in [0.1, 0.15) is 18.2 Å². The van der Waals surface area contributed by atoms with Gasteiger partial charge in [-0.1, -0.05) is 18.2 Å². The Bertz CT molecular complexity index is 1640. The third-order valence-electron chi connectivity index (χ3n) is 6.34. The molecule has 3 N–H and O–H groups in total. The molecule has 3 aromatic rings. The van der Waals surface area contributed by atoms with E-state index >= 15 is 0 Å². The number of nitrogens with one attached hydrogen (secondary N) is 3. The summed E-state index contributed by atoms with van der Waals surface area (Å²) >= 11 is 6.93. The zero-order valence-corrected chi connectivity index (χ0v) is 27.6. The maximum absolute atomic E-state index is 13.4. The minimum Gasteiger partial charge on any atom is -0.493 e. The molecule has 0 unspecified atom stereocenters. The summed E-state index contributed by atoms with van der Waals surface area (Å²) in [4.78, 5) is 37.2. The number of hydrazone groups is 1. The Kier molecular flexibility index (Phi) is 11.5. The van der Waals surface area contributed by atoms with Crippen molar-refractivity contribution in [1.29, 1.82) is 0 Å². The molecular weight excluding hydrogens is 719 g/mol. The van der Waals surface area contributed by atoms with Gasteiger partial charge in [0.05, 0.1) is 40.5 Å². The van der Waals surface area contributed by atoms with Gasteiger partial charge < -0.3 is 29.6 Å². The van der Waals surface area contributed by atoms with Crippen molar-refractivity contribution < 1.29 is 37.7 Å². The smallest absolute Gasteiger partial charge is 0.338 e. The van der Waals surface area contributed by atoms with Gasteiger partial charge in [0.15, 0.2) is 18.1 Å². The number of nitrogens with zero attached hydrogens (tertiary/aromatic N) is 1. The molecule has 45 heavy (non-hydrogen) atoms. The maximum Gasteiger partial charge on any atom is 0.338 e. The number of hydrogen-bond acceptors (Lipinski definition) is 8. The molecular formula is C31H29Br2FN4O7. The van der Waals surface area contributed by atoms with Crippen molar-refractivity contribution in [2.24, 2.45) is 5.10 Å². The van der Waals surface area contributed by atoms with Crippen molar-refractivity contribution in [2.45, 2.75) is 26.5 Å². The number of urea groups is 1. The summed E-state index contributed by atoms with van der Waals surface area (Å²) in [5.74, 6) is -0.353. The van der Waals surface area contributed by atoms with Crippen LogP contribution >= 0.6 is 31.9 Å². The number of benzene rings is 3. The Morgan fingerprint density at radius 2 is 1.82 bits per heavy atom. The van der Waals surface area contributed by atoms with Gasteiger partial charge in [0, 0.05) is 5.70 Å². The molecule has 0 fully saturated rings. The standard InChI is InChI=1S/C31H29Br2FN4O7/c1-4-43-30(40)27-17(2)36-31(41)37-28(27)20-8-9-24(25(13-20)42-3)44-16-26(39)38-35-14-19-11-22(32)29(23(33)12-19)45-15-18-6-5-7-21(34)10-18/h5-14,28H,4,15-16H2,1-3H3,(H,38,39)(H2,36,37,41)/b35-14-/t28-/m0/s1. The zero-order valence-electron chi connectivity index (χ0n) is 24.4. The number of ether oxygens (including phenoxy) is 4. The molecule has 0 saturated heterocycles. The van der Waals surface area contributed by atoms with Gasteiger partial charge in [-0.25, -0.2) is 19.4 Å². The molecule has 11 nitrogen and oxygen atoms in total. The quantitative estimate of drug-likeness (QED) is 0.124. The first-order chi connectivity index (χ1) is 21.6. The van der Waals surface area contributed by atoms with Crippen molar-refractivity contribution in [2.75, 3.05) is 20.3 Å². The van der Waals surface area contributed by atoms with E-state index in [0.717, 1.165) is 0 Å². The summed E-state index contributed by atoms with van der Waals surface area (Å²) in [7, 11) is 1.43. The number of allylic oxidation sites excluding steroid dienone is 1. The van der Waals surface area contributed by atoms with Crippen LogP contribution in [-0.4, -0.2) is 44.4 Å². The van der Waals surface area contributed by atoms with E-state index in [1.807, 2.05) is 0 Å². The summed E-state index contributed by atoms with van der Waals surface area (Å²) in [6.45, 7) is 3.29. The van der Waals surface area contributed by atoms with Crippen molar-refractivity contribution in [3.05, 3.63) is 97.3 Å². The maximum atomic E-state index is 13.4. The molecule has 1 aliphatic rings. The fraction of sp³-hybridized carbons (Fsp3) is 0.226. The third-order valence-corrected chi connectivity index (χ3v) is 7.52. The van der Waals surface area contributed by atoms with Crippen molar-refractivity contribution in [1.82, 2.24) is 16.1 Å². The summed E-state index contributed by atoms with van der Waals surface area (Å²) in [5.41, 5.74) is 4.93. The van der Waals surface area contributed by atoms with Gasteiger partial charge in [-0.05, 0) is 98.8 Å². The van der Waals surface area contributed by atoms with Crippen LogP contribution in [0.15, 0.2) is 79.9 Å². The molecule has 0 aliphatic carbocycles. The van der Waals surface area contributed by atoms with E-state index in [9.17, 15) is 18.8 Å². The van der Waals surface area contributed by atoms with Crippen LogP contribution in [0, 0.1) is 5.82 Å². The summed E-state index contributed by atoms with van der Waals surface area (Å²) in [5, 5.41) is 9.29. The highest BCUT2D eigenvalue weighted by atomic mass is 79.9. The molecule has 236 valence electrons. The topological polar surface area (TPSA) is 137 Å². The van der Waals surface area contributed by atoms with E-state index in [1.54, 1.807) is 56.3 Å². The van der Waals surface area contributed by atoms with Crippen LogP contribution in [0.4, 0.5) is 9.18 Å². The minimum atomic E-state index is -0.785. The second-order valence-electron chi connectivity index (χ2n) is 9.52. The fourth-order valence-electron chi connectivity index (χ4n) is 4.33. The SMILES string of the molecule is CCOC(=O)C1=C(C)NC(=O)N[C@H]1c1ccc(OCC(=O)N/N=C\c2cc(Br)c(OCc3cccc(F)c3)c(Br)c2)c(OC)c1. The minimum absolute atomic E-state index is 0.173. The van der Waals surface area contributed by atoms with Gasteiger partial charge in [0.2, 0.25) is 0 Å². The molecule has 3 aromatic carbocycles. The number of hydrogen-bond donors (Lipinski definition) is 3. The van der Waals surface area contributed by atoms with E-state index in [2.05, 4.69) is 53.0 Å². The van der Waals surface area contributed by atoms with Crippen LogP contribution in [0.1, 0.15) is 36.6 Å². The number of esters is 1. The first-order valence-corrected chi connectivity index (χ1v) is 15.1. The number of methoxy groups -OCH3 is 1. The van der Waals surface area contributed by atoms with Gasteiger partial charge in [-0.15, -0.1) is 0 Å². The lowest BCUT2D eigenvalue weighted by molar-refractivity contribution is -0.139.